The van der Waals surface area contributed by atoms with E-state index in [0.29, 0.717) is 26.9 Å². The number of halogens is 4. The Hall–Kier alpha value is -2.37. The molecule has 0 aliphatic carbocycles. The third kappa shape index (κ3) is 2.69. The van der Waals surface area contributed by atoms with E-state index in [1.54, 1.807) is 6.07 Å². The number of nitriles is 1. The van der Waals surface area contributed by atoms with Crippen molar-refractivity contribution in [3.05, 3.63) is 40.7 Å². The number of thiophene rings is 1. The fourth-order valence-corrected chi connectivity index (χ4v) is 3.37. The van der Waals surface area contributed by atoms with Crippen molar-refractivity contribution >= 4 is 38.8 Å². The summed E-state index contributed by atoms with van der Waals surface area (Å²) >= 11 is 7.09. The number of alkyl halides is 3. The Labute approximate surface area is 137 Å². The molecule has 0 aliphatic rings. The Morgan fingerprint density at radius 3 is 2.57 bits per heavy atom. The summed E-state index contributed by atoms with van der Waals surface area (Å²) < 4.78 is 38.0. The van der Waals surface area contributed by atoms with Crippen molar-refractivity contribution in [2.75, 3.05) is 5.73 Å². The van der Waals surface area contributed by atoms with E-state index < -0.39 is 11.7 Å². The summed E-state index contributed by atoms with van der Waals surface area (Å²) in [5, 5.41) is 9.28. The molecular weight excluding hydrogens is 349 g/mol. The zero-order chi connectivity index (χ0) is 16.8. The lowest BCUT2D eigenvalue weighted by Gasteiger charge is -2.08. The zero-order valence-corrected chi connectivity index (χ0v) is 12.7. The number of nitrogens with zero attached hydrogens (tertiary/aromatic N) is 3. The molecule has 0 fully saturated rings. The zero-order valence-electron chi connectivity index (χ0n) is 11.1. The summed E-state index contributed by atoms with van der Waals surface area (Å²) in [4.78, 5) is 8.88. The van der Waals surface area contributed by atoms with Crippen molar-refractivity contribution in [3.8, 4) is 16.6 Å². The van der Waals surface area contributed by atoms with Gasteiger partial charge in [0.25, 0.3) is 0 Å². The maximum absolute atomic E-state index is 12.7. The Balaban J connectivity index is 2.18. The van der Waals surface area contributed by atoms with Crippen LogP contribution in [0.4, 0.5) is 18.9 Å². The third-order valence-electron chi connectivity index (χ3n) is 3.10. The molecule has 23 heavy (non-hydrogen) atoms. The average molecular weight is 355 g/mol. The molecule has 116 valence electrons. The van der Waals surface area contributed by atoms with Gasteiger partial charge in [-0.05, 0) is 12.1 Å². The molecule has 0 saturated heterocycles. The van der Waals surface area contributed by atoms with E-state index in [1.165, 1.54) is 6.20 Å². The molecule has 0 spiro atoms. The minimum absolute atomic E-state index is 0.152. The second-order valence-electron chi connectivity index (χ2n) is 4.59. The number of rotatable bonds is 1. The molecule has 0 atom stereocenters. The highest BCUT2D eigenvalue weighted by atomic mass is 35.5. The molecule has 0 unspecified atom stereocenters. The van der Waals surface area contributed by atoms with Crippen LogP contribution in [0.15, 0.2) is 24.5 Å². The highest BCUT2D eigenvalue weighted by molar-refractivity contribution is 7.22. The van der Waals surface area contributed by atoms with Gasteiger partial charge in [-0.2, -0.15) is 18.4 Å². The first-order chi connectivity index (χ1) is 10.8. The van der Waals surface area contributed by atoms with Gasteiger partial charge in [0.1, 0.15) is 16.6 Å². The Bertz CT molecular complexity index is 959. The van der Waals surface area contributed by atoms with Crippen LogP contribution >= 0.6 is 22.9 Å². The molecule has 3 aromatic heterocycles. The Kier molecular flexibility index (Phi) is 3.62. The number of aromatic nitrogens is 2. The predicted octanol–water partition coefficient (Wildman–Crippen LogP) is 4.48. The monoisotopic (exact) mass is 354 g/mol. The van der Waals surface area contributed by atoms with Gasteiger partial charge in [-0.1, -0.05) is 11.6 Å². The lowest BCUT2D eigenvalue weighted by atomic mass is 10.2. The minimum Gasteiger partial charge on any atom is -0.397 e. The van der Waals surface area contributed by atoms with E-state index in [9.17, 15) is 13.2 Å². The molecule has 0 amide bonds. The van der Waals surface area contributed by atoms with Crippen LogP contribution in [0.25, 0.3) is 20.8 Å². The van der Waals surface area contributed by atoms with Gasteiger partial charge >= 0.3 is 6.18 Å². The fourth-order valence-electron chi connectivity index (χ4n) is 2.00. The average Bonchev–Trinajstić information content (AvgIpc) is 2.82. The topological polar surface area (TPSA) is 75.6 Å². The third-order valence-corrected chi connectivity index (χ3v) is 4.52. The number of nitrogens with two attached hydrogens (primary N) is 1. The summed E-state index contributed by atoms with van der Waals surface area (Å²) in [5.74, 6) is 0. The first-order valence-corrected chi connectivity index (χ1v) is 7.32. The maximum Gasteiger partial charge on any atom is 0.417 e. The lowest BCUT2D eigenvalue weighted by molar-refractivity contribution is -0.137. The van der Waals surface area contributed by atoms with E-state index in [4.69, 9.17) is 22.6 Å². The molecule has 0 saturated carbocycles. The molecule has 4 nitrogen and oxygen atoms in total. The molecule has 9 heteroatoms. The molecule has 3 aromatic rings. The van der Waals surface area contributed by atoms with Crippen LogP contribution in [-0.4, -0.2) is 9.97 Å². The molecule has 0 aliphatic heterocycles. The van der Waals surface area contributed by atoms with Crippen LogP contribution in [0.1, 0.15) is 11.1 Å². The van der Waals surface area contributed by atoms with Crippen LogP contribution in [0.2, 0.25) is 5.02 Å². The lowest BCUT2D eigenvalue weighted by Crippen LogP contribution is -2.05. The van der Waals surface area contributed by atoms with Crippen molar-refractivity contribution in [2.24, 2.45) is 0 Å². The van der Waals surface area contributed by atoms with Gasteiger partial charge in [-0.15, -0.1) is 11.3 Å². The van der Waals surface area contributed by atoms with Gasteiger partial charge in [-0.3, -0.25) is 4.98 Å². The van der Waals surface area contributed by atoms with E-state index in [-0.39, 0.29) is 16.4 Å². The molecule has 3 heterocycles. The fraction of sp³-hybridized carbons (Fsp3) is 0.0714. The van der Waals surface area contributed by atoms with Crippen LogP contribution < -0.4 is 5.73 Å². The van der Waals surface area contributed by atoms with E-state index in [2.05, 4.69) is 9.97 Å². The second-order valence-corrected chi connectivity index (χ2v) is 5.99. The van der Waals surface area contributed by atoms with E-state index >= 15 is 0 Å². The van der Waals surface area contributed by atoms with Crippen molar-refractivity contribution in [1.82, 2.24) is 9.97 Å². The van der Waals surface area contributed by atoms with Crippen molar-refractivity contribution in [2.45, 2.75) is 6.18 Å². The van der Waals surface area contributed by atoms with Crippen LogP contribution in [0, 0.1) is 11.3 Å². The van der Waals surface area contributed by atoms with Crippen LogP contribution in [-0.2, 0) is 6.18 Å². The number of fused-ring (bicyclic) bond motifs is 1. The predicted molar refractivity (Wildman–Crippen MR) is 82.0 cm³/mol. The van der Waals surface area contributed by atoms with Crippen LogP contribution in [0.5, 0.6) is 0 Å². The highest BCUT2D eigenvalue weighted by Crippen LogP contribution is 2.42. The number of hydrogen-bond donors (Lipinski definition) is 1. The summed E-state index contributed by atoms with van der Waals surface area (Å²) in [6.45, 7) is 0. The Morgan fingerprint density at radius 1 is 1.22 bits per heavy atom. The number of pyridine rings is 2. The molecule has 2 N–H and O–H groups in total. The first-order valence-electron chi connectivity index (χ1n) is 6.12. The van der Waals surface area contributed by atoms with Crippen molar-refractivity contribution in [3.63, 3.8) is 0 Å². The summed E-state index contributed by atoms with van der Waals surface area (Å²) in [6.07, 6.45) is -2.42. The number of anilines is 1. The van der Waals surface area contributed by atoms with Gasteiger partial charge < -0.3 is 5.73 Å². The van der Waals surface area contributed by atoms with E-state index in [1.807, 2.05) is 6.07 Å². The molecule has 0 radical (unpaired) electrons. The summed E-state index contributed by atoms with van der Waals surface area (Å²) in [6, 6.07) is 4.32. The van der Waals surface area contributed by atoms with E-state index in [0.717, 1.165) is 17.4 Å². The normalized spacial score (nSPS) is 11.6. The number of nitrogen functional groups attached to an aromatic ring is 1. The Morgan fingerprint density at radius 2 is 1.96 bits per heavy atom. The smallest absolute Gasteiger partial charge is 0.397 e. The van der Waals surface area contributed by atoms with Crippen molar-refractivity contribution < 1.29 is 13.2 Å². The van der Waals surface area contributed by atoms with Gasteiger partial charge in [0.15, 0.2) is 0 Å². The second kappa shape index (κ2) is 5.37. The molecule has 0 bridgehead atoms. The molecule has 3 rings (SSSR count). The summed E-state index contributed by atoms with van der Waals surface area (Å²) in [7, 11) is 0. The standard InChI is InChI=1S/C14H6ClF3N4S/c15-9-2-7(14(16,17)18)5-21-11(9)12-10(20)8-1-6(3-19)4-22-13(8)23-12/h1-2,4-5H,20H2. The molecule has 0 aromatic carbocycles. The summed E-state index contributed by atoms with van der Waals surface area (Å²) in [5.41, 5.74) is 5.86. The van der Waals surface area contributed by atoms with Gasteiger partial charge in [0.05, 0.1) is 26.7 Å². The van der Waals surface area contributed by atoms with Crippen molar-refractivity contribution in [1.29, 1.82) is 5.26 Å². The van der Waals surface area contributed by atoms with Crippen LogP contribution in [0.3, 0.4) is 0 Å². The maximum atomic E-state index is 12.7. The van der Waals surface area contributed by atoms with Gasteiger partial charge in [0.2, 0.25) is 0 Å². The SMILES string of the molecule is N#Cc1cnc2sc(-c3ncc(C(F)(F)F)cc3Cl)c(N)c2c1. The highest BCUT2D eigenvalue weighted by Gasteiger charge is 2.32. The molecular formula is C14H6ClF3N4S. The first kappa shape index (κ1) is 15.5. The largest absolute Gasteiger partial charge is 0.417 e. The van der Waals surface area contributed by atoms with Gasteiger partial charge in [0, 0.05) is 17.8 Å². The minimum atomic E-state index is -4.52. The van der Waals surface area contributed by atoms with Gasteiger partial charge in [-0.25, -0.2) is 4.98 Å². The quantitative estimate of drug-likeness (QED) is 0.698. The number of hydrogen-bond acceptors (Lipinski definition) is 5.